The largest absolute Gasteiger partial charge is 0.493 e. The van der Waals surface area contributed by atoms with Gasteiger partial charge in [-0.3, -0.25) is 14.5 Å². The molecule has 184 valence electrons. The Hall–Kier alpha value is -2.84. The molecule has 1 amide bonds. The van der Waals surface area contributed by atoms with Crippen LogP contribution in [0.25, 0.3) is 6.08 Å². The van der Waals surface area contributed by atoms with E-state index in [1.54, 1.807) is 13.2 Å². The van der Waals surface area contributed by atoms with Gasteiger partial charge in [0.2, 0.25) is 0 Å². The number of amides is 1. The second-order valence-electron chi connectivity index (χ2n) is 8.51. The van der Waals surface area contributed by atoms with Crippen molar-refractivity contribution < 1.29 is 23.8 Å². The Morgan fingerprint density at radius 2 is 1.89 bits per heavy atom. The lowest BCUT2D eigenvalue weighted by Crippen LogP contribution is -2.36. The molecule has 1 aliphatic heterocycles. The van der Waals surface area contributed by atoms with Gasteiger partial charge >= 0.3 is 5.97 Å². The molecular weight excluding hydrogens is 482 g/mol. The van der Waals surface area contributed by atoms with E-state index in [-0.39, 0.29) is 18.6 Å². The van der Waals surface area contributed by atoms with Gasteiger partial charge in [0.15, 0.2) is 11.5 Å². The number of methoxy groups -OCH3 is 1. The molecule has 2 fully saturated rings. The highest BCUT2D eigenvalue weighted by atomic mass is 32.2. The van der Waals surface area contributed by atoms with E-state index in [1.807, 2.05) is 36.4 Å². The summed E-state index contributed by atoms with van der Waals surface area (Å²) in [5.74, 6) is 0.521. The molecule has 0 N–H and O–H groups in total. The normalized spacial score (nSPS) is 17.6. The smallest absolute Gasteiger partial charge is 0.326 e. The average Bonchev–Trinajstić information content (AvgIpc) is 3.13. The summed E-state index contributed by atoms with van der Waals surface area (Å²) < 4.78 is 17.3. The standard InChI is InChI=1S/C27H29NO5S2/c1-31-23-16-20(12-13-22(23)32-15-14-19-8-4-2-5-9-19)17-24-26(30)28(27(34)35-24)18-25(29)33-21-10-6-3-7-11-21/h2,4-5,8-9,12-13,16-17,21H,3,6-7,10-11,14-15,18H2,1H3/b24-17-. The van der Waals surface area contributed by atoms with Crippen LogP contribution in [0.3, 0.4) is 0 Å². The maximum absolute atomic E-state index is 12.9. The zero-order valence-electron chi connectivity index (χ0n) is 19.7. The van der Waals surface area contributed by atoms with Gasteiger partial charge in [0, 0.05) is 6.42 Å². The van der Waals surface area contributed by atoms with Gasteiger partial charge in [-0.2, -0.15) is 0 Å². The fourth-order valence-electron chi connectivity index (χ4n) is 4.14. The molecule has 1 saturated carbocycles. The highest BCUT2D eigenvalue weighted by molar-refractivity contribution is 8.26. The number of hydrogen-bond donors (Lipinski definition) is 0. The Labute approximate surface area is 215 Å². The molecule has 8 heteroatoms. The molecule has 1 heterocycles. The van der Waals surface area contributed by atoms with E-state index in [4.69, 9.17) is 26.4 Å². The molecule has 2 aromatic carbocycles. The Morgan fingerprint density at radius 1 is 1.11 bits per heavy atom. The Balaban J connectivity index is 1.36. The molecule has 0 bridgehead atoms. The fraction of sp³-hybridized carbons (Fsp3) is 0.370. The highest BCUT2D eigenvalue weighted by Crippen LogP contribution is 2.35. The van der Waals surface area contributed by atoms with E-state index in [0.717, 1.165) is 37.7 Å². The highest BCUT2D eigenvalue weighted by Gasteiger charge is 2.34. The molecule has 1 aliphatic carbocycles. The lowest BCUT2D eigenvalue weighted by Gasteiger charge is -2.23. The van der Waals surface area contributed by atoms with Crippen molar-refractivity contribution in [3.05, 3.63) is 64.6 Å². The molecule has 0 spiro atoms. The Morgan fingerprint density at radius 3 is 2.63 bits per heavy atom. The number of carbonyl (C=O) groups is 2. The Bertz CT molecular complexity index is 1100. The second-order valence-corrected chi connectivity index (χ2v) is 10.2. The van der Waals surface area contributed by atoms with Crippen molar-refractivity contribution in [2.75, 3.05) is 20.3 Å². The maximum Gasteiger partial charge on any atom is 0.326 e. The molecule has 0 unspecified atom stereocenters. The summed E-state index contributed by atoms with van der Waals surface area (Å²) in [6.45, 7) is 0.366. The van der Waals surface area contributed by atoms with Crippen molar-refractivity contribution in [2.45, 2.75) is 44.6 Å². The zero-order valence-corrected chi connectivity index (χ0v) is 21.4. The first-order valence-corrected chi connectivity index (χ1v) is 13.1. The first kappa shape index (κ1) is 25.3. The summed E-state index contributed by atoms with van der Waals surface area (Å²) in [7, 11) is 1.58. The van der Waals surface area contributed by atoms with E-state index in [1.165, 1.54) is 28.6 Å². The number of nitrogens with zero attached hydrogens (tertiary/aromatic N) is 1. The van der Waals surface area contributed by atoms with Gasteiger partial charge in [0.05, 0.1) is 18.6 Å². The van der Waals surface area contributed by atoms with Gasteiger partial charge in [-0.25, -0.2) is 0 Å². The first-order valence-electron chi connectivity index (χ1n) is 11.8. The molecule has 0 aromatic heterocycles. The second kappa shape index (κ2) is 12.2. The van der Waals surface area contributed by atoms with Crippen molar-refractivity contribution in [1.29, 1.82) is 0 Å². The number of benzene rings is 2. The fourth-order valence-corrected chi connectivity index (χ4v) is 5.39. The van der Waals surface area contributed by atoms with Gasteiger partial charge in [-0.05, 0) is 55.0 Å². The molecule has 4 rings (SSSR count). The zero-order chi connectivity index (χ0) is 24.6. The third kappa shape index (κ3) is 6.86. The van der Waals surface area contributed by atoms with Crippen LogP contribution in [0, 0.1) is 0 Å². The van der Waals surface area contributed by atoms with Crippen LogP contribution in [0.1, 0.15) is 43.2 Å². The van der Waals surface area contributed by atoms with Crippen LogP contribution in [-0.2, 0) is 20.7 Å². The predicted octanol–water partition coefficient (Wildman–Crippen LogP) is 5.39. The summed E-state index contributed by atoms with van der Waals surface area (Å²) >= 11 is 6.55. The van der Waals surface area contributed by atoms with Crippen molar-refractivity contribution in [2.24, 2.45) is 0 Å². The van der Waals surface area contributed by atoms with Crippen molar-refractivity contribution in [1.82, 2.24) is 4.90 Å². The lowest BCUT2D eigenvalue weighted by molar-refractivity contribution is -0.152. The molecule has 1 saturated heterocycles. The first-order chi connectivity index (χ1) is 17.0. The molecule has 35 heavy (non-hydrogen) atoms. The van der Waals surface area contributed by atoms with Gasteiger partial charge in [-0.1, -0.05) is 66.8 Å². The Kier molecular flexibility index (Phi) is 8.82. The number of hydrogen-bond acceptors (Lipinski definition) is 7. The quantitative estimate of drug-likeness (QED) is 0.254. The number of esters is 1. The van der Waals surface area contributed by atoms with E-state index >= 15 is 0 Å². The molecule has 0 atom stereocenters. The number of thioether (sulfide) groups is 1. The van der Waals surface area contributed by atoms with Crippen LogP contribution in [0.4, 0.5) is 0 Å². The SMILES string of the molecule is COc1cc(/C=C2\SC(=S)N(CC(=O)OC3CCCCC3)C2=O)ccc1OCCc1ccccc1. The average molecular weight is 512 g/mol. The van der Waals surface area contributed by atoms with Crippen molar-refractivity contribution >= 4 is 46.3 Å². The molecule has 2 aromatic rings. The summed E-state index contributed by atoms with van der Waals surface area (Å²) in [6.07, 6.45) is 7.59. The lowest BCUT2D eigenvalue weighted by atomic mass is 9.98. The molecule has 0 radical (unpaired) electrons. The third-order valence-electron chi connectivity index (χ3n) is 5.99. The minimum atomic E-state index is -0.409. The maximum atomic E-state index is 12.9. The van der Waals surface area contributed by atoms with Gasteiger partial charge in [0.25, 0.3) is 5.91 Å². The summed E-state index contributed by atoms with van der Waals surface area (Å²) in [4.78, 5) is 27.1. The van der Waals surface area contributed by atoms with Crippen molar-refractivity contribution in [3.63, 3.8) is 0 Å². The number of rotatable bonds is 9. The van der Waals surface area contributed by atoms with Gasteiger partial charge < -0.3 is 14.2 Å². The summed E-state index contributed by atoms with van der Waals surface area (Å²) in [5, 5.41) is 0. The van der Waals surface area contributed by atoms with Crippen LogP contribution >= 0.6 is 24.0 Å². The van der Waals surface area contributed by atoms with Crippen LogP contribution in [-0.4, -0.2) is 47.5 Å². The van der Waals surface area contributed by atoms with E-state index in [0.29, 0.717) is 27.3 Å². The van der Waals surface area contributed by atoms with Gasteiger partial charge in [0.1, 0.15) is 17.0 Å². The number of carbonyl (C=O) groups excluding carboxylic acids is 2. The van der Waals surface area contributed by atoms with E-state index in [9.17, 15) is 9.59 Å². The number of thiocarbonyl (C=S) groups is 1. The minimum absolute atomic E-state index is 0.0499. The monoisotopic (exact) mass is 511 g/mol. The van der Waals surface area contributed by atoms with Crippen molar-refractivity contribution in [3.8, 4) is 11.5 Å². The van der Waals surface area contributed by atoms with E-state index in [2.05, 4.69) is 12.1 Å². The molecular formula is C27H29NO5S2. The predicted molar refractivity (Wildman–Crippen MR) is 141 cm³/mol. The van der Waals surface area contributed by atoms with Crippen LogP contribution in [0.15, 0.2) is 53.4 Å². The van der Waals surface area contributed by atoms with Crippen LogP contribution in [0.2, 0.25) is 0 Å². The van der Waals surface area contributed by atoms with E-state index < -0.39 is 5.97 Å². The summed E-state index contributed by atoms with van der Waals surface area (Å²) in [6, 6.07) is 15.7. The third-order valence-corrected chi connectivity index (χ3v) is 7.37. The van der Waals surface area contributed by atoms with Crippen LogP contribution in [0.5, 0.6) is 11.5 Å². The number of ether oxygens (including phenoxy) is 3. The van der Waals surface area contributed by atoms with Gasteiger partial charge in [-0.15, -0.1) is 0 Å². The molecule has 2 aliphatic rings. The topological polar surface area (TPSA) is 65.1 Å². The van der Waals surface area contributed by atoms with Crippen LogP contribution < -0.4 is 9.47 Å². The minimum Gasteiger partial charge on any atom is -0.493 e. The summed E-state index contributed by atoms with van der Waals surface area (Å²) in [5.41, 5.74) is 1.98. The molecule has 6 nitrogen and oxygen atoms in total.